The Balaban J connectivity index is 1.54. The number of hydrogen-bond donors (Lipinski definition) is 1. The average Bonchev–Trinajstić information content (AvgIpc) is 3.04. The Morgan fingerprint density at radius 1 is 1.21 bits per heavy atom. The molecule has 2 aliphatic rings. The van der Waals surface area contributed by atoms with E-state index < -0.39 is 0 Å². The Morgan fingerprint density at radius 3 is 2.93 bits per heavy atom. The normalized spacial score (nSPS) is 21.0. The van der Waals surface area contributed by atoms with E-state index in [9.17, 15) is 9.59 Å². The molecule has 1 fully saturated rings. The summed E-state index contributed by atoms with van der Waals surface area (Å²) in [6.45, 7) is 5.27. The molecular weight excluding hydrogens is 364 g/mol. The quantitative estimate of drug-likeness (QED) is 0.695. The summed E-state index contributed by atoms with van der Waals surface area (Å²) in [7, 11) is 0. The highest BCUT2D eigenvalue weighted by Gasteiger charge is 2.44. The van der Waals surface area contributed by atoms with Crippen molar-refractivity contribution in [3.63, 3.8) is 0 Å². The fraction of sp³-hybridized carbons (Fsp3) is 0.391. The van der Waals surface area contributed by atoms with Gasteiger partial charge in [0.05, 0.1) is 11.3 Å². The van der Waals surface area contributed by atoms with E-state index in [1.807, 2.05) is 43.1 Å². The number of hydrogen-bond acceptors (Lipinski definition) is 4. The fourth-order valence-electron chi connectivity index (χ4n) is 5.05. The Hall–Kier alpha value is -3.02. The minimum absolute atomic E-state index is 0.0648. The zero-order valence-corrected chi connectivity index (χ0v) is 16.8. The Bertz CT molecular complexity index is 1200. The number of aromatic nitrogens is 3. The molecule has 1 aromatic carbocycles. The van der Waals surface area contributed by atoms with Crippen molar-refractivity contribution in [2.45, 2.75) is 44.9 Å². The van der Waals surface area contributed by atoms with Crippen LogP contribution in [0.4, 0.5) is 0 Å². The number of aryl methyl sites for hydroxylation is 3. The number of pyridine rings is 1. The van der Waals surface area contributed by atoms with Crippen LogP contribution in [0.1, 0.15) is 52.3 Å². The number of rotatable bonds is 1. The molecule has 6 heteroatoms. The van der Waals surface area contributed by atoms with Gasteiger partial charge in [-0.15, -0.1) is 0 Å². The monoisotopic (exact) mass is 388 g/mol. The summed E-state index contributed by atoms with van der Waals surface area (Å²) < 4.78 is 0. The van der Waals surface area contributed by atoms with Gasteiger partial charge in [-0.05, 0) is 57.2 Å². The van der Waals surface area contributed by atoms with Crippen LogP contribution in [0.2, 0.25) is 0 Å². The molecule has 0 radical (unpaired) electrons. The molecule has 5 rings (SSSR count). The van der Waals surface area contributed by atoms with Gasteiger partial charge >= 0.3 is 0 Å². The van der Waals surface area contributed by atoms with E-state index in [4.69, 9.17) is 4.98 Å². The first-order valence-electron chi connectivity index (χ1n) is 10.2. The third-order valence-corrected chi connectivity index (χ3v) is 6.45. The lowest BCUT2D eigenvalue weighted by molar-refractivity contribution is 0.0635. The summed E-state index contributed by atoms with van der Waals surface area (Å²) in [5, 5.41) is 0.805. The highest BCUT2D eigenvalue weighted by Crippen LogP contribution is 2.44. The highest BCUT2D eigenvalue weighted by atomic mass is 16.2. The average molecular weight is 388 g/mol. The Kier molecular flexibility index (Phi) is 4.05. The molecule has 3 heterocycles. The van der Waals surface area contributed by atoms with Crippen LogP contribution in [-0.4, -0.2) is 38.8 Å². The van der Waals surface area contributed by atoms with Crippen molar-refractivity contribution >= 4 is 16.8 Å². The summed E-state index contributed by atoms with van der Waals surface area (Å²) in [5.74, 6) is 0.717. The van der Waals surface area contributed by atoms with Gasteiger partial charge in [0, 0.05) is 41.7 Å². The molecule has 6 nitrogen and oxygen atoms in total. The molecule has 0 saturated carbocycles. The lowest BCUT2D eigenvalue weighted by atomic mass is 9.77. The highest BCUT2D eigenvalue weighted by molar-refractivity contribution is 6.06. The van der Waals surface area contributed by atoms with Crippen molar-refractivity contribution < 1.29 is 4.79 Å². The number of likely N-dealkylation sites (tertiary alicyclic amines) is 1. The van der Waals surface area contributed by atoms with Gasteiger partial charge in [-0.2, -0.15) is 0 Å². The van der Waals surface area contributed by atoms with Crippen molar-refractivity contribution in [3.05, 3.63) is 69.0 Å². The molecule has 1 saturated heterocycles. The second-order valence-electron chi connectivity index (χ2n) is 8.50. The minimum atomic E-state index is -0.244. The molecule has 0 bridgehead atoms. The molecule has 3 aromatic rings. The van der Waals surface area contributed by atoms with Gasteiger partial charge in [0.15, 0.2) is 0 Å². The van der Waals surface area contributed by atoms with Gasteiger partial charge in [-0.3, -0.25) is 9.59 Å². The first-order valence-corrected chi connectivity index (χ1v) is 10.2. The molecule has 148 valence electrons. The van der Waals surface area contributed by atoms with Crippen LogP contribution in [0.15, 0.2) is 35.3 Å². The van der Waals surface area contributed by atoms with Crippen LogP contribution in [-0.2, 0) is 11.8 Å². The number of carbonyl (C=O) groups excluding carboxylic acids is 1. The number of benzene rings is 1. The van der Waals surface area contributed by atoms with Gasteiger partial charge in [-0.1, -0.05) is 11.6 Å². The maximum absolute atomic E-state index is 13.5. The lowest BCUT2D eigenvalue weighted by Crippen LogP contribution is -2.48. The number of nitrogens with zero attached hydrogens (tertiary/aromatic N) is 3. The smallest absolute Gasteiger partial charge is 0.254 e. The van der Waals surface area contributed by atoms with Gasteiger partial charge in [0.1, 0.15) is 5.82 Å². The van der Waals surface area contributed by atoms with Crippen LogP contribution < -0.4 is 5.56 Å². The molecule has 1 spiro atoms. The number of aromatic amines is 1. The first-order chi connectivity index (χ1) is 13.9. The summed E-state index contributed by atoms with van der Waals surface area (Å²) in [6, 6.07) is 7.23. The van der Waals surface area contributed by atoms with E-state index in [2.05, 4.69) is 9.97 Å². The third-order valence-electron chi connectivity index (χ3n) is 6.45. The molecule has 1 amide bonds. The van der Waals surface area contributed by atoms with Crippen molar-refractivity contribution in [2.24, 2.45) is 0 Å². The maximum Gasteiger partial charge on any atom is 0.254 e. The van der Waals surface area contributed by atoms with Gasteiger partial charge in [0.25, 0.3) is 5.91 Å². The van der Waals surface area contributed by atoms with Crippen molar-refractivity contribution in [1.82, 2.24) is 19.9 Å². The topological polar surface area (TPSA) is 79.0 Å². The van der Waals surface area contributed by atoms with Crippen LogP contribution in [0, 0.1) is 13.8 Å². The van der Waals surface area contributed by atoms with Crippen molar-refractivity contribution in [2.75, 3.05) is 13.1 Å². The predicted octanol–water partition coefficient (Wildman–Crippen LogP) is 3.06. The number of nitrogens with one attached hydrogen (secondary N) is 1. The second-order valence-corrected chi connectivity index (χ2v) is 8.50. The maximum atomic E-state index is 13.5. The second kappa shape index (κ2) is 6.51. The number of carbonyl (C=O) groups is 1. The zero-order valence-electron chi connectivity index (χ0n) is 16.8. The van der Waals surface area contributed by atoms with Gasteiger partial charge in [0.2, 0.25) is 5.56 Å². The van der Waals surface area contributed by atoms with Gasteiger partial charge < -0.3 is 9.88 Å². The molecule has 1 aliphatic carbocycles. The molecule has 29 heavy (non-hydrogen) atoms. The molecular formula is C23H24N4O2. The molecule has 1 unspecified atom stereocenters. The zero-order chi connectivity index (χ0) is 20.2. The van der Waals surface area contributed by atoms with E-state index in [0.29, 0.717) is 24.2 Å². The van der Waals surface area contributed by atoms with Crippen LogP contribution in [0.3, 0.4) is 0 Å². The van der Waals surface area contributed by atoms with E-state index in [-0.39, 0.29) is 16.9 Å². The fourth-order valence-corrected chi connectivity index (χ4v) is 5.05. The van der Waals surface area contributed by atoms with Crippen molar-refractivity contribution in [3.8, 4) is 0 Å². The van der Waals surface area contributed by atoms with Crippen LogP contribution in [0.5, 0.6) is 0 Å². The summed E-state index contributed by atoms with van der Waals surface area (Å²) in [6.07, 6.45) is 5.88. The summed E-state index contributed by atoms with van der Waals surface area (Å²) in [4.78, 5) is 39.6. The standard InChI is InChI=1S/C23H24N4O2/c1-14-4-5-19-17(10-14)18(11-20(28)26-19)22(29)27-9-3-7-23(13-27)8-6-16-12-24-15(2)25-21(16)23/h4-5,10-12H,3,6-9,13H2,1-2H3,(H,26,28). The van der Waals surface area contributed by atoms with Crippen LogP contribution in [0.25, 0.3) is 10.9 Å². The van der Waals surface area contributed by atoms with Gasteiger partial charge in [-0.25, -0.2) is 9.97 Å². The predicted molar refractivity (Wildman–Crippen MR) is 111 cm³/mol. The molecule has 2 aromatic heterocycles. The van der Waals surface area contributed by atoms with Crippen LogP contribution >= 0.6 is 0 Å². The van der Waals surface area contributed by atoms with E-state index >= 15 is 0 Å². The molecule has 1 aliphatic heterocycles. The van der Waals surface area contributed by atoms with E-state index in [1.54, 1.807) is 0 Å². The Morgan fingerprint density at radius 2 is 2.07 bits per heavy atom. The van der Waals surface area contributed by atoms with E-state index in [1.165, 1.54) is 11.6 Å². The number of piperidine rings is 1. The Labute approximate surface area is 169 Å². The molecule has 1 N–H and O–H groups in total. The number of H-pyrrole nitrogens is 1. The number of fused-ring (bicyclic) bond motifs is 3. The minimum Gasteiger partial charge on any atom is -0.338 e. The lowest BCUT2D eigenvalue weighted by Gasteiger charge is -2.40. The molecule has 1 atom stereocenters. The third kappa shape index (κ3) is 2.94. The van der Waals surface area contributed by atoms with E-state index in [0.717, 1.165) is 48.2 Å². The van der Waals surface area contributed by atoms with Crippen molar-refractivity contribution in [1.29, 1.82) is 0 Å². The largest absolute Gasteiger partial charge is 0.338 e. The first kappa shape index (κ1) is 18.0. The summed E-state index contributed by atoms with van der Waals surface area (Å²) >= 11 is 0. The summed E-state index contributed by atoms with van der Waals surface area (Å²) in [5.41, 5.74) is 4.24. The SMILES string of the molecule is Cc1ccc2[nH]c(=O)cc(C(=O)N3CCCC4(CCc5cnc(C)nc54)C3)c2c1. The number of amides is 1.